The molecule has 0 radical (unpaired) electrons. The fourth-order valence-electron chi connectivity index (χ4n) is 4.21. The second-order valence-electron chi connectivity index (χ2n) is 9.76. The number of carbonyl (C=O) groups excluding carboxylic acids is 2. The van der Waals surface area contributed by atoms with E-state index >= 15 is 0 Å². The third-order valence-corrected chi connectivity index (χ3v) is 8.33. The lowest BCUT2D eigenvalue weighted by atomic mass is 10.0. The molecule has 0 fully saturated rings. The highest BCUT2D eigenvalue weighted by molar-refractivity contribution is 7.92. The van der Waals surface area contributed by atoms with E-state index in [0.29, 0.717) is 17.2 Å². The van der Waals surface area contributed by atoms with Gasteiger partial charge in [-0.2, -0.15) is 0 Å². The van der Waals surface area contributed by atoms with Gasteiger partial charge in [0.1, 0.15) is 18.3 Å². The molecule has 220 valence electrons. The molecule has 0 saturated heterocycles. The van der Waals surface area contributed by atoms with Crippen molar-refractivity contribution in [2.24, 2.45) is 0 Å². The Morgan fingerprint density at radius 2 is 1.63 bits per heavy atom. The molecule has 0 aliphatic heterocycles. The number of anilines is 1. The zero-order chi connectivity index (χ0) is 30.2. The van der Waals surface area contributed by atoms with E-state index in [4.69, 9.17) is 27.9 Å². The molecular weight excluding hydrogens is 585 g/mol. The van der Waals surface area contributed by atoms with E-state index in [1.54, 1.807) is 24.3 Å². The summed E-state index contributed by atoms with van der Waals surface area (Å²) in [5.74, 6) is -0.523. The average Bonchev–Trinajstić information content (AvgIpc) is 2.94. The maximum Gasteiger partial charge on any atom is 0.244 e. The van der Waals surface area contributed by atoms with Gasteiger partial charge in [-0.15, -0.1) is 0 Å². The summed E-state index contributed by atoms with van der Waals surface area (Å²) in [6.07, 6.45) is 1.95. The lowest BCUT2D eigenvalue weighted by Crippen LogP contribution is -2.54. The quantitative estimate of drug-likeness (QED) is 0.279. The fraction of sp³-hybridized carbons (Fsp3) is 0.333. The van der Waals surface area contributed by atoms with Crippen LogP contribution >= 0.6 is 23.2 Å². The molecule has 0 aliphatic carbocycles. The summed E-state index contributed by atoms with van der Waals surface area (Å²) < 4.78 is 32.0. The molecule has 1 N–H and O–H groups in total. The van der Waals surface area contributed by atoms with Crippen LogP contribution in [-0.2, 0) is 32.6 Å². The number of nitrogens with one attached hydrogen (secondary N) is 1. The molecule has 0 aliphatic rings. The van der Waals surface area contributed by atoms with Crippen molar-refractivity contribution in [1.82, 2.24) is 10.2 Å². The highest BCUT2D eigenvalue weighted by Gasteiger charge is 2.33. The standard InChI is InChI=1S/C30H35Cl2N3O5S/c1-5-21(2)33-30(37)27(17-22-9-7-6-8-10-22)34(19-23-11-13-24(31)14-12-23)29(36)20-35(41(4,38)39)25-15-16-28(40-3)26(32)18-25/h6-16,18,21,27H,5,17,19-20H2,1-4H3,(H,33,37)/t21-,27-/m1/s1. The van der Waals surface area contributed by atoms with E-state index in [2.05, 4.69) is 5.32 Å². The second-order valence-corrected chi connectivity index (χ2v) is 12.5. The van der Waals surface area contributed by atoms with Gasteiger partial charge in [0.2, 0.25) is 21.8 Å². The number of ether oxygens (including phenoxy) is 1. The molecule has 11 heteroatoms. The largest absolute Gasteiger partial charge is 0.495 e. The SMILES string of the molecule is CC[C@@H](C)NC(=O)[C@@H](Cc1ccccc1)N(Cc1ccc(Cl)cc1)C(=O)CN(c1ccc(OC)c(Cl)c1)S(C)(=O)=O. The molecule has 8 nitrogen and oxygen atoms in total. The first-order valence-electron chi connectivity index (χ1n) is 13.1. The van der Waals surface area contributed by atoms with Gasteiger partial charge in [0.05, 0.1) is 24.1 Å². The van der Waals surface area contributed by atoms with Crippen molar-refractivity contribution >= 4 is 50.7 Å². The Hall–Kier alpha value is -3.27. The summed E-state index contributed by atoms with van der Waals surface area (Å²) in [6, 6.07) is 19.7. The smallest absolute Gasteiger partial charge is 0.244 e. The van der Waals surface area contributed by atoms with Crippen molar-refractivity contribution < 1.29 is 22.7 Å². The normalized spacial score (nSPS) is 12.7. The highest BCUT2D eigenvalue weighted by atomic mass is 35.5. The number of benzene rings is 3. The van der Waals surface area contributed by atoms with Crippen molar-refractivity contribution in [1.29, 1.82) is 0 Å². The van der Waals surface area contributed by atoms with Crippen LogP contribution in [0.1, 0.15) is 31.4 Å². The number of nitrogens with zero attached hydrogens (tertiary/aromatic N) is 2. The van der Waals surface area contributed by atoms with Gasteiger partial charge in [-0.05, 0) is 54.8 Å². The lowest BCUT2D eigenvalue weighted by Gasteiger charge is -2.34. The van der Waals surface area contributed by atoms with Crippen LogP contribution in [-0.4, -0.2) is 57.1 Å². The van der Waals surface area contributed by atoms with Crippen LogP contribution in [0, 0.1) is 0 Å². The fourth-order valence-corrected chi connectivity index (χ4v) is 5.43. The van der Waals surface area contributed by atoms with Crippen LogP contribution < -0.4 is 14.4 Å². The van der Waals surface area contributed by atoms with Crippen LogP contribution in [0.3, 0.4) is 0 Å². The Morgan fingerprint density at radius 1 is 0.976 bits per heavy atom. The Labute approximate surface area is 252 Å². The first-order chi connectivity index (χ1) is 19.4. The van der Waals surface area contributed by atoms with Crippen molar-refractivity contribution in [3.63, 3.8) is 0 Å². The minimum absolute atomic E-state index is 0.0579. The summed E-state index contributed by atoms with van der Waals surface area (Å²) in [5.41, 5.74) is 1.78. The van der Waals surface area contributed by atoms with E-state index in [1.165, 1.54) is 30.2 Å². The first kappa shape index (κ1) is 32.2. The third kappa shape index (κ3) is 9.11. The van der Waals surface area contributed by atoms with Gasteiger partial charge >= 0.3 is 0 Å². The number of amides is 2. The number of hydrogen-bond donors (Lipinski definition) is 1. The van der Waals surface area contributed by atoms with Crippen LogP contribution in [0.25, 0.3) is 0 Å². The predicted molar refractivity (Wildman–Crippen MR) is 164 cm³/mol. The van der Waals surface area contributed by atoms with Gasteiger partial charge < -0.3 is 15.0 Å². The Balaban J connectivity index is 2.06. The summed E-state index contributed by atoms with van der Waals surface area (Å²) in [6.45, 7) is 3.36. The summed E-state index contributed by atoms with van der Waals surface area (Å²) in [5, 5.41) is 3.72. The number of halogens is 2. The summed E-state index contributed by atoms with van der Waals surface area (Å²) in [4.78, 5) is 29.2. The van der Waals surface area contributed by atoms with Crippen molar-refractivity contribution in [2.75, 3.05) is 24.2 Å². The van der Waals surface area contributed by atoms with Crippen molar-refractivity contribution in [2.45, 2.75) is 45.3 Å². The molecule has 3 aromatic rings. The van der Waals surface area contributed by atoms with E-state index in [9.17, 15) is 18.0 Å². The Kier molecular flexibility index (Phi) is 11.5. The zero-order valence-electron chi connectivity index (χ0n) is 23.5. The monoisotopic (exact) mass is 619 g/mol. The number of rotatable bonds is 13. The molecule has 41 heavy (non-hydrogen) atoms. The van der Waals surface area contributed by atoms with E-state index in [0.717, 1.165) is 21.7 Å². The van der Waals surface area contributed by atoms with E-state index < -0.39 is 28.5 Å². The number of hydrogen-bond acceptors (Lipinski definition) is 5. The Bertz CT molecular complexity index is 1440. The van der Waals surface area contributed by atoms with Crippen LogP contribution in [0.5, 0.6) is 5.75 Å². The van der Waals surface area contributed by atoms with Gasteiger partial charge in [-0.1, -0.05) is 72.6 Å². The number of methoxy groups -OCH3 is 1. The third-order valence-electron chi connectivity index (χ3n) is 6.64. The average molecular weight is 621 g/mol. The van der Waals surface area contributed by atoms with E-state index in [1.807, 2.05) is 44.2 Å². The van der Waals surface area contributed by atoms with Crippen molar-refractivity contribution in [3.05, 3.63) is 94.0 Å². The number of carbonyl (C=O) groups is 2. The molecule has 0 bridgehead atoms. The van der Waals surface area contributed by atoms with Crippen molar-refractivity contribution in [3.8, 4) is 5.75 Å². The van der Waals surface area contributed by atoms with E-state index in [-0.39, 0.29) is 35.6 Å². The molecule has 3 aromatic carbocycles. The number of sulfonamides is 1. The van der Waals surface area contributed by atoms with Gasteiger partial charge in [-0.3, -0.25) is 13.9 Å². The zero-order valence-corrected chi connectivity index (χ0v) is 25.8. The van der Waals surface area contributed by atoms with Crippen LogP contribution in [0.2, 0.25) is 10.0 Å². The summed E-state index contributed by atoms with van der Waals surface area (Å²) >= 11 is 12.4. The van der Waals surface area contributed by atoms with Gasteiger partial charge in [0, 0.05) is 24.0 Å². The molecule has 2 amide bonds. The van der Waals surface area contributed by atoms with Gasteiger partial charge in [0.15, 0.2) is 0 Å². The van der Waals surface area contributed by atoms with Gasteiger partial charge in [0.25, 0.3) is 0 Å². The maximum absolute atomic E-state index is 14.1. The lowest BCUT2D eigenvalue weighted by molar-refractivity contribution is -0.140. The molecule has 0 unspecified atom stereocenters. The topological polar surface area (TPSA) is 96.0 Å². The second kappa shape index (κ2) is 14.6. The molecule has 0 saturated carbocycles. The highest BCUT2D eigenvalue weighted by Crippen LogP contribution is 2.30. The molecule has 0 spiro atoms. The molecular formula is C30H35Cl2N3O5S. The summed E-state index contributed by atoms with van der Waals surface area (Å²) in [7, 11) is -2.47. The van der Waals surface area contributed by atoms with Crippen LogP contribution in [0.15, 0.2) is 72.8 Å². The minimum Gasteiger partial charge on any atom is -0.495 e. The first-order valence-corrected chi connectivity index (χ1v) is 15.7. The minimum atomic E-state index is -3.92. The maximum atomic E-state index is 14.1. The molecule has 0 heterocycles. The Morgan fingerprint density at radius 3 is 2.20 bits per heavy atom. The predicted octanol–water partition coefficient (Wildman–Crippen LogP) is 5.32. The molecule has 3 rings (SSSR count). The molecule has 0 aromatic heterocycles. The molecule has 2 atom stereocenters. The van der Waals surface area contributed by atoms with Gasteiger partial charge in [-0.25, -0.2) is 8.42 Å². The van der Waals surface area contributed by atoms with Crippen LogP contribution in [0.4, 0.5) is 5.69 Å².